The topological polar surface area (TPSA) is 23.1 Å². The zero-order valence-electron chi connectivity index (χ0n) is 4.14. The van der Waals surface area contributed by atoms with Gasteiger partial charge < -0.3 is 0 Å². The van der Waals surface area contributed by atoms with Gasteiger partial charge in [-0.25, -0.2) is 5.11 Å². The van der Waals surface area contributed by atoms with Crippen molar-refractivity contribution in [1.82, 2.24) is 4.90 Å². The average molecular weight is 87.1 g/mol. The lowest BCUT2D eigenvalue weighted by Crippen LogP contribution is -2.22. The summed E-state index contributed by atoms with van der Waals surface area (Å²) in [6.45, 7) is 3.21. The predicted octanol–water partition coefficient (Wildman–Crippen LogP) is 0.139. The lowest BCUT2D eigenvalue weighted by Gasteiger charge is -2.08. The lowest BCUT2D eigenvalue weighted by atomic mass is 10.6. The van der Waals surface area contributed by atoms with Gasteiger partial charge in [0.15, 0.2) is 0 Å². The molecule has 6 heavy (non-hydrogen) atoms. The maximum atomic E-state index is 10.0. The average Bonchev–Trinajstić information content (AvgIpc) is 1.36. The van der Waals surface area contributed by atoms with Crippen molar-refractivity contribution in [1.29, 1.82) is 0 Å². The van der Waals surface area contributed by atoms with E-state index in [1.165, 1.54) is 4.90 Å². The highest BCUT2D eigenvalue weighted by Gasteiger charge is 1.95. The van der Waals surface area contributed by atoms with Gasteiger partial charge in [-0.1, -0.05) is 0 Å². The van der Waals surface area contributed by atoms with Gasteiger partial charge in [0.25, 0.3) is 0 Å². The Morgan fingerprint density at radius 1 is 1.67 bits per heavy atom. The molecular formula is C4H9NO. The summed E-state index contributed by atoms with van der Waals surface area (Å²) < 4.78 is 0. The Morgan fingerprint density at radius 3 is 1.83 bits per heavy atom. The van der Waals surface area contributed by atoms with Crippen LogP contribution in [-0.2, 0) is 5.11 Å². The molecule has 1 unspecified atom stereocenters. The molecule has 2 nitrogen and oxygen atoms in total. The molecule has 36 valence electrons. The molecule has 1 atom stereocenters. The highest BCUT2D eigenvalue weighted by molar-refractivity contribution is 4.48. The van der Waals surface area contributed by atoms with Gasteiger partial charge in [-0.15, -0.1) is 0 Å². The van der Waals surface area contributed by atoms with E-state index in [1.54, 1.807) is 14.1 Å². The molecule has 0 bridgehead atoms. The van der Waals surface area contributed by atoms with Crippen molar-refractivity contribution < 1.29 is 5.11 Å². The fourth-order valence-corrected chi connectivity index (χ4v) is 0. The molecule has 2 radical (unpaired) electrons. The maximum Gasteiger partial charge on any atom is 0.145 e. The molecule has 0 aliphatic rings. The zero-order chi connectivity index (χ0) is 5.15. The van der Waals surface area contributed by atoms with Crippen LogP contribution < -0.4 is 0 Å². The molecule has 0 saturated carbocycles. The van der Waals surface area contributed by atoms with Crippen molar-refractivity contribution in [3.05, 3.63) is 6.92 Å². The molecule has 0 rings (SSSR count). The Hall–Kier alpha value is -0.0800. The molecule has 0 aromatic carbocycles. The Balaban J connectivity index is 2.99. The van der Waals surface area contributed by atoms with Crippen LogP contribution in [0, 0.1) is 6.92 Å². The molecule has 0 spiro atoms. The molecule has 0 heterocycles. The standard InChI is InChI=1S/C4H9NO/c1-4(6)5(2)3/h4H,1H2,2-3H3. The van der Waals surface area contributed by atoms with Crippen LogP contribution in [0.4, 0.5) is 0 Å². The van der Waals surface area contributed by atoms with Gasteiger partial charge in [-0.05, 0) is 21.0 Å². The first-order valence-electron chi connectivity index (χ1n) is 1.80. The fraction of sp³-hybridized carbons (Fsp3) is 0.750. The minimum absolute atomic E-state index is 0.815. The van der Waals surface area contributed by atoms with E-state index in [0.717, 1.165) is 0 Å². The van der Waals surface area contributed by atoms with Crippen molar-refractivity contribution in [2.75, 3.05) is 14.1 Å². The summed E-state index contributed by atoms with van der Waals surface area (Å²) in [5.74, 6) is 0. The summed E-state index contributed by atoms with van der Waals surface area (Å²) in [5.41, 5.74) is 0. The summed E-state index contributed by atoms with van der Waals surface area (Å²) in [7, 11) is 3.40. The van der Waals surface area contributed by atoms with E-state index in [9.17, 15) is 5.11 Å². The minimum atomic E-state index is -0.815. The molecule has 0 aromatic rings. The fourth-order valence-electron chi connectivity index (χ4n) is 0. The van der Waals surface area contributed by atoms with Crippen LogP contribution >= 0.6 is 0 Å². The highest BCUT2D eigenvalue weighted by Crippen LogP contribution is 1.80. The maximum absolute atomic E-state index is 10.0. The predicted molar refractivity (Wildman–Crippen MR) is 23.5 cm³/mol. The summed E-state index contributed by atoms with van der Waals surface area (Å²) in [4.78, 5) is 1.50. The van der Waals surface area contributed by atoms with Crippen molar-refractivity contribution in [2.45, 2.75) is 6.23 Å². The normalized spacial score (nSPS) is 15.5. The minimum Gasteiger partial charge on any atom is -0.282 e. The Morgan fingerprint density at radius 2 is 1.83 bits per heavy atom. The molecule has 0 amide bonds. The van der Waals surface area contributed by atoms with Crippen LogP contribution in [0.1, 0.15) is 0 Å². The second-order valence-corrected chi connectivity index (χ2v) is 1.42. The number of hydrogen-bond acceptors (Lipinski definition) is 1. The summed E-state index contributed by atoms with van der Waals surface area (Å²) in [5, 5.41) is 10.0. The number of nitrogens with zero attached hydrogens (tertiary/aromatic N) is 1. The van der Waals surface area contributed by atoms with E-state index < -0.39 is 6.23 Å². The summed E-state index contributed by atoms with van der Waals surface area (Å²) in [6, 6.07) is 0. The molecule has 0 aliphatic carbocycles. The number of hydrogen-bond donors (Lipinski definition) is 0. The van der Waals surface area contributed by atoms with E-state index >= 15 is 0 Å². The molecule has 0 N–H and O–H groups in total. The van der Waals surface area contributed by atoms with Gasteiger partial charge in [0, 0.05) is 0 Å². The van der Waals surface area contributed by atoms with E-state index in [1.807, 2.05) is 0 Å². The van der Waals surface area contributed by atoms with Crippen molar-refractivity contribution in [3.8, 4) is 0 Å². The molecule has 2 heteroatoms. The van der Waals surface area contributed by atoms with Crippen molar-refractivity contribution in [3.63, 3.8) is 0 Å². The molecular weight excluding hydrogens is 78.0 g/mol. The van der Waals surface area contributed by atoms with E-state index in [0.29, 0.717) is 0 Å². The van der Waals surface area contributed by atoms with Crippen LogP contribution in [-0.4, -0.2) is 25.2 Å². The smallest absolute Gasteiger partial charge is 0.145 e. The third kappa shape index (κ3) is 2.18. The third-order valence-electron chi connectivity index (χ3n) is 0.576. The summed E-state index contributed by atoms with van der Waals surface area (Å²) >= 11 is 0. The van der Waals surface area contributed by atoms with Crippen LogP contribution in [0.3, 0.4) is 0 Å². The second-order valence-electron chi connectivity index (χ2n) is 1.42. The van der Waals surface area contributed by atoms with Gasteiger partial charge in [0.05, 0.1) is 0 Å². The van der Waals surface area contributed by atoms with Gasteiger partial charge >= 0.3 is 0 Å². The largest absolute Gasteiger partial charge is 0.282 e. The van der Waals surface area contributed by atoms with Crippen LogP contribution in [0.5, 0.6) is 0 Å². The Labute approximate surface area is 38.4 Å². The van der Waals surface area contributed by atoms with Gasteiger partial charge in [0.1, 0.15) is 6.23 Å². The van der Waals surface area contributed by atoms with Crippen molar-refractivity contribution >= 4 is 0 Å². The monoisotopic (exact) mass is 87.1 g/mol. The quantitative estimate of drug-likeness (QED) is 0.417. The van der Waals surface area contributed by atoms with Crippen LogP contribution in [0.15, 0.2) is 0 Å². The lowest BCUT2D eigenvalue weighted by molar-refractivity contribution is 0.0164. The van der Waals surface area contributed by atoms with E-state index in [4.69, 9.17) is 0 Å². The first-order chi connectivity index (χ1) is 2.64. The Kier molecular flexibility index (Phi) is 2.13. The second kappa shape index (κ2) is 2.16. The SMILES string of the molecule is [CH2]C([O])N(C)C. The third-order valence-corrected chi connectivity index (χ3v) is 0.576. The van der Waals surface area contributed by atoms with Crippen LogP contribution in [0.25, 0.3) is 0 Å². The van der Waals surface area contributed by atoms with Gasteiger partial charge in [-0.3, -0.25) is 4.90 Å². The van der Waals surface area contributed by atoms with E-state index in [2.05, 4.69) is 6.92 Å². The van der Waals surface area contributed by atoms with Gasteiger partial charge in [0.2, 0.25) is 0 Å². The van der Waals surface area contributed by atoms with Crippen LogP contribution in [0.2, 0.25) is 0 Å². The molecule has 0 aliphatic heterocycles. The summed E-state index contributed by atoms with van der Waals surface area (Å²) in [6.07, 6.45) is -0.815. The first kappa shape index (κ1) is 5.92. The van der Waals surface area contributed by atoms with Gasteiger partial charge in [-0.2, -0.15) is 0 Å². The molecule has 0 saturated heterocycles. The highest BCUT2D eigenvalue weighted by atomic mass is 16.3. The first-order valence-corrected chi connectivity index (χ1v) is 1.80. The molecule has 0 aromatic heterocycles. The number of rotatable bonds is 1. The zero-order valence-corrected chi connectivity index (χ0v) is 4.14. The van der Waals surface area contributed by atoms with Crippen molar-refractivity contribution in [2.24, 2.45) is 0 Å². The van der Waals surface area contributed by atoms with E-state index in [-0.39, 0.29) is 0 Å². The Bertz CT molecular complexity index is 28.5. The molecule has 0 fully saturated rings.